The second-order valence-corrected chi connectivity index (χ2v) is 5.39. The summed E-state index contributed by atoms with van der Waals surface area (Å²) < 4.78 is 7.99. The van der Waals surface area contributed by atoms with Crippen molar-refractivity contribution in [1.82, 2.24) is 19.4 Å². The van der Waals surface area contributed by atoms with Crippen molar-refractivity contribution < 1.29 is 4.74 Å². The zero-order valence-electron chi connectivity index (χ0n) is 12.0. The van der Waals surface area contributed by atoms with Gasteiger partial charge in [-0.3, -0.25) is 9.88 Å². The molecule has 0 aromatic carbocycles. The van der Waals surface area contributed by atoms with E-state index in [1.165, 1.54) is 17.0 Å². The number of rotatable bonds is 4. The number of ether oxygens (including phenoxy) is 1. The lowest BCUT2D eigenvalue weighted by Crippen LogP contribution is -2.41. The van der Waals surface area contributed by atoms with Crippen molar-refractivity contribution in [2.24, 2.45) is 7.05 Å². The highest BCUT2D eigenvalue weighted by Gasteiger charge is 2.26. The van der Waals surface area contributed by atoms with E-state index in [1.807, 2.05) is 18.5 Å². The quantitative estimate of drug-likeness (QED) is 0.843. The van der Waals surface area contributed by atoms with Gasteiger partial charge in [0, 0.05) is 44.1 Å². The Bertz CT molecular complexity index is 567. The van der Waals surface area contributed by atoms with Crippen molar-refractivity contribution in [3.05, 3.63) is 47.8 Å². The predicted octanol–water partition coefficient (Wildman–Crippen LogP) is 1.39. The summed E-state index contributed by atoms with van der Waals surface area (Å²) in [4.78, 5) is 10.8. The minimum absolute atomic E-state index is 0.416. The number of aromatic nitrogens is 3. The van der Waals surface area contributed by atoms with Crippen molar-refractivity contribution in [2.45, 2.75) is 25.6 Å². The third-order valence-corrected chi connectivity index (χ3v) is 3.93. The van der Waals surface area contributed by atoms with Crippen LogP contribution in [0.2, 0.25) is 0 Å². The lowest BCUT2D eigenvalue weighted by molar-refractivity contribution is 0.0515. The topological polar surface area (TPSA) is 43.2 Å². The molecule has 1 atom stereocenters. The molecule has 3 rings (SSSR count). The van der Waals surface area contributed by atoms with Crippen molar-refractivity contribution in [1.29, 1.82) is 0 Å². The predicted molar refractivity (Wildman–Crippen MR) is 76.1 cm³/mol. The molecule has 2 aromatic rings. The molecule has 0 saturated carbocycles. The maximum Gasteiger partial charge on any atom is 0.0949 e. The van der Waals surface area contributed by atoms with Crippen molar-refractivity contribution in [3.8, 4) is 0 Å². The number of pyridine rings is 1. The number of fused-ring (bicyclic) bond motifs is 1. The Morgan fingerprint density at radius 2 is 2.10 bits per heavy atom. The molecule has 1 aliphatic rings. The number of hydrogen-bond acceptors (Lipinski definition) is 4. The van der Waals surface area contributed by atoms with Crippen LogP contribution in [0.25, 0.3) is 0 Å². The first-order chi connectivity index (χ1) is 9.74. The summed E-state index contributed by atoms with van der Waals surface area (Å²) in [6.45, 7) is 2.29. The van der Waals surface area contributed by atoms with Gasteiger partial charge in [-0.2, -0.15) is 0 Å². The molecule has 20 heavy (non-hydrogen) atoms. The molecule has 0 fully saturated rings. The summed E-state index contributed by atoms with van der Waals surface area (Å²) in [7, 11) is 4.20. The van der Waals surface area contributed by atoms with E-state index >= 15 is 0 Å². The van der Waals surface area contributed by atoms with Gasteiger partial charge >= 0.3 is 0 Å². The van der Waals surface area contributed by atoms with Gasteiger partial charge in [-0.05, 0) is 24.7 Å². The minimum Gasteiger partial charge on any atom is -0.375 e. The summed E-state index contributed by atoms with van der Waals surface area (Å²) in [5.41, 5.74) is 3.70. The van der Waals surface area contributed by atoms with Gasteiger partial charge in [-0.15, -0.1) is 0 Å². The first-order valence-electron chi connectivity index (χ1n) is 6.90. The molecule has 0 saturated heterocycles. The fourth-order valence-electron chi connectivity index (χ4n) is 2.62. The van der Waals surface area contributed by atoms with E-state index in [-0.39, 0.29) is 0 Å². The van der Waals surface area contributed by atoms with Crippen LogP contribution in [-0.2, 0) is 31.4 Å². The summed E-state index contributed by atoms with van der Waals surface area (Å²) >= 11 is 0. The smallest absolute Gasteiger partial charge is 0.0949 e. The third kappa shape index (κ3) is 2.73. The molecule has 0 unspecified atom stereocenters. The highest BCUT2D eigenvalue weighted by Crippen LogP contribution is 2.20. The third-order valence-electron chi connectivity index (χ3n) is 3.93. The van der Waals surface area contributed by atoms with Crippen LogP contribution >= 0.6 is 0 Å². The zero-order chi connectivity index (χ0) is 13.9. The average Bonchev–Trinajstić information content (AvgIpc) is 2.81. The van der Waals surface area contributed by atoms with Gasteiger partial charge in [-0.1, -0.05) is 0 Å². The van der Waals surface area contributed by atoms with E-state index in [1.54, 1.807) is 12.4 Å². The first kappa shape index (κ1) is 13.3. The fraction of sp³-hybridized carbons (Fsp3) is 0.467. The monoisotopic (exact) mass is 272 g/mol. The molecule has 0 bridgehead atoms. The Balaban J connectivity index is 1.57. The molecule has 3 heterocycles. The van der Waals surface area contributed by atoms with E-state index in [9.17, 15) is 0 Å². The fourth-order valence-corrected chi connectivity index (χ4v) is 2.62. The molecule has 106 valence electrons. The summed E-state index contributed by atoms with van der Waals surface area (Å²) in [5.74, 6) is 0. The number of nitrogens with zero attached hydrogens (tertiary/aromatic N) is 4. The Morgan fingerprint density at radius 3 is 2.90 bits per heavy atom. The van der Waals surface area contributed by atoms with Crippen LogP contribution in [0.1, 0.15) is 17.0 Å². The molecule has 5 heteroatoms. The molecule has 0 spiro atoms. The van der Waals surface area contributed by atoms with Crippen LogP contribution in [-0.4, -0.2) is 39.1 Å². The first-order valence-corrected chi connectivity index (χ1v) is 6.90. The van der Waals surface area contributed by atoms with Crippen LogP contribution in [0.5, 0.6) is 0 Å². The maximum atomic E-state index is 5.86. The van der Waals surface area contributed by atoms with Gasteiger partial charge < -0.3 is 9.30 Å². The summed E-state index contributed by atoms with van der Waals surface area (Å²) in [6, 6.07) is 4.40. The number of aryl methyl sites for hydroxylation is 1. The van der Waals surface area contributed by atoms with Crippen molar-refractivity contribution >= 4 is 0 Å². The highest BCUT2D eigenvalue weighted by atomic mass is 16.5. The molecule has 1 aliphatic heterocycles. The highest BCUT2D eigenvalue weighted by molar-refractivity contribution is 5.17. The molecule has 0 amide bonds. The standard InChI is InChI=1S/C15H20N4O/c1-18-8-14-15(19(2)11-17-14)7-13(18)10-20-9-12-3-5-16-6-4-12/h3-6,11,13H,7-10H2,1-2H3/t13-/m1/s1. The average molecular weight is 272 g/mol. The number of likely N-dealkylation sites (N-methyl/N-ethyl adjacent to an activating group) is 1. The Kier molecular flexibility index (Phi) is 3.80. The Labute approximate surface area is 119 Å². The van der Waals surface area contributed by atoms with Gasteiger partial charge in [-0.25, -0.2) is 4.98 Å². The van der Waals surface area contributed by atoms with Crippen LogP contribution < -0.4 is 0 Å². The van der Waals surface area contributed by atoms with Crippen LogP contribution in [0, 0.1) is 0 Å². The van der Waals surface area contributed by atoms with E-state index in [4.69, 9.17) is 4.74 Å². The normalized spacial score (nSPS) is 19.0. The lowest BCUT2D eigenvalue weighted by Gasteiger charge is -2.32. The van der Waals surface area contributed by atoms with Crippen LogP contribution in [0.3, 0.4) is 0 Å². The van der Waals surface area contributed by atoms with Gasteiger partial charge in [0.2, 0.25) is 0 Å². The van der Waals surface area contributed by atoms with E-state index < -0.39 is 0 Å². The number of imidazole rings is 1. The number of hydrogen-bond donors (Lipinski definition) is 0. The maximum absolute atomic E-state index is 5.86. The molecule has 0 aliphatic carbocycles. The van der Waals surface area contributed by atoms with Gasteiger partial charge in [0.1, 0.15) is 0 Å². The van der Waals surface area contributed by atoms with Gasteiger partial charge in [0.25, 0.3) is 0 Å². The van der Waals surface area contributed by atoms with Gasteiger partial charge in [0.15, 0.2) is 0 Å². The second kappa shape index (κ2) is 5.73. The molecule has 2 aromatic heterocycles. The van der Waals surface area contributed by atoms with Crippen LogP contribution in [0.4, 0.5) is 0 Å². The Morgan fingerprint density at radius 1 is 1.30 bits per heavy atom. The summed E-state index contributed by atoms with van der Waals surface area (Å²) in [6.07, 6.45) is 6.50. The minimum atomic E-state index is 0.416. The van der Waals surface area contributed by atoms with Crippen molar-refractivity contribution in [3.63, 3.8) is 0 Å². The molecule has 0 radical (unpaired) electrons. The van der Waals surface area contributed by atoms with Crippen molar-refractivity contribution in [2.75, 3.05) is 13.7 Å². The molecule has 0 N–H and O–H groups in total. The van der Waals surface area contributed by atoms with E-state index in [0.29, 0.717) is 12.6 Å². The van der Waals surface area contributed by atoms with Gasteiger partial charge in [0.05, 0.1) is 25.2 Å². The largest absolute Gasteiger partial charge is 0.375 e. The zero-order valence-corrected chi connectivity index (χ0v) is 12.0. The lowest BCUT2D eigenvalue weighted by atomic mass is 10.0. The molecular weight excluding hydrogens is 252 g/mol. The Hall–Kier alpha value is -1.72. The molecular formula is C15H20N4O. The SMILES string of the molecule is CN1Cc2ncn(C)c2C[C@@H]1COCc1ccncc1. The summed E-state index contributed by atoms with van der Waals surface area (Å²) in [5, 5.41) is 0. The van der Waals surface area contributed by atoms with Crippen LogP contribution in [0.15, 0.2) is 30.9 Å². The van der Waals surface area contributed by atoms with E-state index in [2.05, 4.69) is 33.5 Å². The second-order valence-electron chi connectivity index (χ2n) is 5.39. The van der Waals surface area contributed by atoms with E-state index in [0.717, 1.165) is 19.6 Å². The molecule has 5 nitrogen and oxygen atoms in total.